The van der Waals surface area contributed by atoms with E-state index in [9.17, 15) is 24.6 Å². The Kier molecular flexibility index (Phi) is 6.61. The zero-order valence-corrected chi connectivity index (χ0v) is 19.6. The number of phenolic OH excluding ortho intramolecular Hbond substituents is 1. The van der Waals surface area contributed by atoms with Gasteiger partial charge in [-0.3, -0.25) is 19.1 Å². The van der Waals surface area contributed by atoms with Crippen molar-refractivity contribution in [1.29, 1.82) is 0 Å². The van der Waals surface area contributed by atoms with Crippen LogP contribution in [0.4, 0.5) is 0 Å². The molecule has 3 heterocycles. The number of nitrogens with one attached hydrogen (secondary N) is 1. The van der Waals surface area contributed by atoms with E-state index >= 15 is 0 Å². The molecule has 2 aromatic rings. The Bertz CT molecular complexity index is 1170. The number of aliphatic hydroxyl groups is 1. The number of nitrogens with two attached hydrogens (primary N) is 1. The molecule has 5 N–H and O–H groups in total. The summed E-state index contributed by atoms with van der Waals surface area (Å²) in [6, 6.07) is 5.18. The van der Waals surface area contributed by atoms with Gasteiger partial charge in [-0.25, -0.2) is 4.79 Å². The van der Waals surface area contributed by atoms with Crippen LogP contribution in [0.5, 0.6) is 5.75 Å². The van der Waals surface area contributed by atoms with Gasteiger partial charge in [0.2, 0.25) is 5.91 Å². The summed E-state index contributed by atoms with van der Waals surface area (Å²) in [7, 11) is 0. The van der Waals surface area contributed by atoms with Crippen molar-refractivity contribution in [1.82, 2.24) is 14.5 Å². The molecule has 34 heavy (non-hydrogen) atoms. The molecule has 2 aliphatic heterocycles. The number of rotatable bonds is 4. The van der Waals surface area contributed by atoms with Crippen molar-refractivity contribution < 1.29 is 19.7 Å². The molecule has 184 valence electrons. The van der Waals surface area contributed by atoms with Crippen LogP contribution in [-0.4, -0.2) is 67.5 Å². The van der Waals surface area contributed by atoms with Crippen LogP contribution < -0.4 is 17.0 Å². The van der Waals surface area contributed by atoms with E-state index in [1.54, 1.807) is 36.1 Å². The molecule has 0 unspecified atom stereocenters. The lowest BCUT2D eigenvalue weighted by Crippen LogP contribution is -2.60. The average molecular weight is 493 g/mol. The summed E-state index contributed by atoms with van der Waals surface area (Å²) in [5.74, 6) is 0.00177. The molecular weight excluding hydrogens is 464 g/mol. The maximum Gasteiger partial charge on any atom is 0.328 e. The van der Waals surface area contributed by atoms with Gasteiger partial charge in [-0.2, -0.15) is 0 Å². The second kappa shape index (κ2) is 9.18. The number of hydrogen-bond donors (Lipinski definition) is 4. The highest BCUT2D eigenvalue weighted by atomic mass is 35.5. The maximum absolute atomic E-state index is 12.9. The van der Waals surface area contributed by atoms with Gasteiger partial charge >= 0.3 is 5.69 Å². The topological polar surface area (TPSA) is 151 Å². The normalized spacial score (nSPS) is 25.3. The quantitative estimate of drug-likeness (QED) is 0.486. The molecule has 2 fully saturated rings. The summed E-state index contributed by atoms with van der Waals surface area (Å²) in [5.41, 5.74) is 3.74. The number of carbonyl (C=O) groups is 1. The average Bonchev–Trinajstić information content (AvgIpc) is 2.78. The Balaban J connectivity index is 1.39. The number of aromatic amines is 1. The van der Waals surface area contributed by atoms with E-state index in [4.69, 9.17) is 22.1 Å². The smallest absolute Gasteiger partial charge is 0.328 e. The van der Waals surface area contributed by atoms with Gasteiger partial charge in [-0.05, 0) is 43.9 Å². The van der Waals surface area contributed by atoms with Crippen LogP contribution in [0, 0.1) is 0 Å². The van der Waals surface area contributed by atoms with Crippen molar-refractivity contribution in [3.8, 4) is 5.75 Å². The number of piperidine rings is 1. The predicted molar refractivity (Wildman–Crippen MR) is 125 cm³/mol. The number of likely N-dealkylation sites (tertiary alicyclic amines) is 1. The molecule has 11 heteroatoms. The molecule has 0 aliphatic carbocycles. The fourth-order valence-corrected chi connectivity index (χ4v) is 5.14. The van der Waals surface area contributed by atoms with Crippen molar-refractivity contribution in [3.05, 3.63) is 61.9 Å². The van der Waals surface area contributed by atoms with Gasteiger partial charge in [-0.15, -0.1) is 0 Å². The molecule has 1 aromatic heterocycles. The number of amides is 1. The van der Waals surface area contributed by atoms with E-state index in [0.29, 0.717) is 32.4 Å². The highest BCUT2D eigenvalue weighted by molar-refractivity contribution is 6.30. The fourth-order valence-electron chi connectivity index (χ4n) is 4.99. The van der Waals surface area contributed by atoms with Gasteiger partial charge in [0, 0.05) is 25.7 Å². The van der Waals surface area contributed by atoms with E-state index in [-0.39, 0.29) is 29.7 Å². The zero-order chi connectivity index (χ0) is 24.7. The van der Waals surface area contributed by atoms with Crippen LogP contribution in [0.3, 0.4) is 0 Å². The number of nitrogens with zero attached hydrogens (tertiary/aromatic N) is 2. The molecule has 0 radical (unpaired) electrons. The molecular formula is C23H29ClN4O6. The Morgan fingerprint density at radius 3 is 2.56 bits per heavy atom. The number of aromatic hydroxyl groups is 1. The van der Waals surface area contributed by atoms with E-state index in [1.165, 1.54) is 10.8 Å². The van der Waals surface area contributed by atoms with Crippen LogP contribution >= 0.6 is 11.6 Å². The standard InChI is InChI=1S/C23H29ClN4O6/c1-22(33)13-23(34-12-18(22)28-11-16(24)19(30)26-21(28)32)6-8-27(9-7-23)20(31)17(25)10-14-2-4-15(29)5-3-14/h2-5,11,17-18,29,33H,6-10,12-13,25H2,1H3,(H,26,30,32)/t17-,18-,22-/m0/s1. The lowest BCUT2D eigenvalue weighted by Gasteiger charge is -2.51. The predicted octanol–water partition coefficient (Wildman–Crippen LogP) is 0.539. The number of ether oxygens (including phenoxy) is 1. The van der Waals surface area contributed by atoms with Crippen LogP contribution in [0.15, 0.2) is 40.1 Å². The molecule has 1 spiro atoms. The van der Waals surface area contributed by atoms with Crippen LogP contribution in [0.1, 0.15) is 37.8 Å². The first-order chi connectivity index (χ1) is 16.0. The third-order valence-electron chi connectivity index (χ3n) is 6.90. The Hall–Kier alpha value is -2.66. The highest BCUT2D eigenvalue weighted by Gasteiger charge is 2.50. The highest BCUT2D eigenvalue weighted by Crippen LogP contribution is 2.43. The third kappa shape index (κ3) is 4.90. The number of H-pyrrole nitrogens is 1. The monoisotopic (exact) mass is 492 g/mol. The van der Waals surface area contributed by atoms with Crippen LogP contribution in [0.25, 0.3) is 0 Å². The largest absolute Gasteiger partial charge is 0.508 e. The minimum atomic E-state index is -1.30. The first-order valence-corrected chi connectivity index (χ1v) is 11.6. The van der Waals surface area contributed by atoms with E-state index in [0.717, 1.165) is 5.56 Å². The molecule has 1 amide bonds. The molecule has 2 saturated heterocycles. The van der Waals surface area contributed by atoms with Crippen molar-refractivity contribution in [2.45, 2.75) is 55.9 Å². The summed E-state index contributed by atoms with van der Waals surface area (Å²) < 4.78 is 7.39. The number of aromatic nitrogens is 2. The Morgan fingerprint density at radius 2 is 1.94 bits per heavy atom. The van der Waals surface area contributed by atoms with Gasteiger partial charge in [-0.1, -0.05) is 23.7 Å². The lowest BCUT2D eigenvalue weighted by molar-refractivity contribution is -0.198. The first kappa shape index (κ1) is 24.5. The number of carbonyl (C=O) groups excluding carboxylic acids is 1. The number of hydrogen-bond acceptors (Lipinski definition) is 7. The van der Waals surface area contributed by atoms with Gasteiger partial charge in [0.05, 0.1) is 29.9 Å². The lowest BCUT2D eigenvalue weighted by atomic mass is 9.75. The van der Waals surface area contributed by atoms with Crippen LogP contribution in [-0.2, 0) is 16.0 Å². The fraction of sp³-hybridized carbons (Fsp3) is 0.522. The molecule has 0 bridgehead atoms. The molecule has 1 aromatic carbocycles. The minimum Gasteiger partial charge on any atom is -0.508 e. The van der Waals surface area contributed by atoms with Gasteiger partial charge < -0.3 is 25.6 Å². The summed E-state index contributed by atoms with van der Waals surface area (Å²) in [6.07, 6.45) is 2.89. The Labute approximate surface area is 200 Å². The zero-order valence-electron chi connectivity index (χ0n) is 18.9. The van der Waals surface area contributed by atoms with Gasteiger partial charge in [0.1, 0.15) is 10.8 Å². The minimum absolute atomic E-state index is 0.0591. The summed E-state index contributed by atoms with van der Waals surface area (Å²) in [6.45, 7) is 2.57. The SMILES string of the molecule is C[C@]1(O)CC2(CCN(C(=O)[C@@H](N)Cc3ccc(O)cc3)CC2)OC[C@@H]1n1cc(Cl)c(=O)[nH]c1=O. The first-order valence-electron chi connectivity index (χ1n) is 11.2. The number of benzene rings is 1. The van der Waals surface area contributed by atoms with Gasteiger partial charge in [0.15, 0.2) is 0 Å². The number of halogens is 1. The van der Waals surface area contributed by atoms with Crippen molar-refractivity contribution in [2.24, 2.45) is 5.73 Å². The van der Waals surface area contributed by atoms with E-state index < -0.39 is 34.5 Å². The molecule has 0 saturated carbocycles. The van der Waals surface area contributed by atoms with Crippen molar-refractivity contribution in [2.75, 3.05) is 19.7 Å². The van der Waals surface area contributed by atoms with Crippen molar-refractivity contribution in [3.63, 3.8) is 0 Å². The third-order valence-corrected chi connectivity index (χ3v) is 7.17. The van der Waals surface area contributed by atoms with Gasteiger partial charge in [0.25, 0.3) is 5.56 Å². The van der Waals surface area contributed by atoms with E-state index in [1.807, 2.05) is 0 Å². The second-order valence-corrected chi connectivity index (χ2v) is 9.90. The van der Waals surface area contributed by atoms with Crippen LogP contribution in [0.2, 0.25) is 5.02 Å². The van der Waals surface area contributed by atoms with Crippen molar-refractivity contribution >= 4 is 17.5 Å². The molecule has 2 aliphatic rings. The van der Waals surface area contributed by atoms with E-state index in [2.05, 4.69) is 4.98 Å². The number of phenols is 1. The Morgan fingerprint density at radius 1 is 1.29 bits per heavy atom. The molecule has 4 rings (SSSR count). The molecule has 10 nitrogen and oxygen atoms in total. The summed E-state index contributed by atoms with van der Waals surface area (Å²) in [5, 5.41) is 20.5. The molecule has 3 atom stereocenters. The maximum atomic E-state index is 12.9. The summed E-state index contributed by atoms with van der Waals surface area (Å²) in [4.78, 5) is 40.6. The second-order valence-electron chi connectivity index (χ2n) is 9.49. The summed E-state index contributed by atoms with van der Waals surface area (Å²) >= 11 is 5.88.